The minimum absolute atomic E-state index is 0.0316. The lowest BCUT2D eigenvalue weighted by atomic mass is 10.2. The maximum atomic E-state index is 12.2. The van der Waals surface area contributed by atoms with E-state index in [1.807, 2.05) is 25.1 Å². The Hall–Kier alpha value is -2.24. The van der Waals surface area contributed by atoms with E-state index in [-0.39, 0.29) is 12.5 Å². The molecule has 6 nitrogen and oxygen atoms in total. The summed E-state index contributed by atoms with van der Waals surface area (Å²) in [6, 6.07) is 5.80. The predicted molar refractivity (Wildman–Crippen MR) is 80.4 cm³/mol. The number of benzene rings is 1. The zero-order valence-corrected chi connectivity index (χ0v) is 12.5. The van der Waals surface area contributed by atoms with Crippen LogP contribution in [-0.4, -0.2) is 62.0 Å². The molecule has 0 spiro atoms. The molecule has 1 aliphatic heterocycles. The van der Waals surface area contributed by atoms with Crippen molar-refractivity contribution < 1.29 is 14.3 Å². The van der Waals surface area contributed by atoms with Crippen LogP contribution in [0.4, 0.5) is 5.69 Å². The topological polar surface area (TPSA) is 61.9 Å². The summed E-state index contributed by atoms with van der Waals surface area (Å²) in [5, 5.41) is 3.13. The molecule has 1 fully saturated rings. The van der Waals surface area contributed by atoms with E-state index in [2.05, 4.69) is 5.32 Å². The highest BCUT2D eigenvalue weighted by molar-refractivity contribution is 5.81. The molecule has 0 aromatic heterocycles. The summed E-state index contributed by atoms with van der Waals surface area (Å²) in [5.41, 5.74) is 1.92. The zero-order chi connectivity index (χ0) is 15.2. The summed E-state index contributed by atoms with van der Waals surface area (Å²) in [5.74, 6) is 0.753. The molecular formula is C15H21N3O3. The molecule has 1 aromatic rings. The van der Waals surface area contributed by atoms with Gasteiger partial charge in [-0.25, -0.2) is 0 Å². The van der Waals surface area contributed by atoms with Gasteiger partial charge in [-0.2, -0.15) is 0 Å². The van der Waals surface area contributed by atoms with Crippen molar-refractivity contribution >= 4 is 18.0 Å². The molecule has 6 heteroatoms. The fourth-order valence-electron chi connectivity index (χ4n) is 2.32. The van der Waals surface area contributed by atoms with E-state index in [1.165, 1.54) is 0 Å². The van der Waals surface area contributed by atoms with Gasteiger partial charge in [0.05, 0.1) is 19.3 Å². The first kappa shape index (κ1) is 15.2. The first-order valence-corrected chi connectivity index (χ1v) is 6.99. The van der Waals surface area contributed by atoms with Crippen LogP contribution in [0.2, 0.25) is 0 Å². The number of ether oxygens (including phenoxy) is 1. The lowest BCUT2D eigenvalue weighted by molar-refractivity contribution is -0.133. The minimum atomic E-state index is 0.0316. The molecule has 0 radical (unpaired) electrons. The van der Waals surface area contributed by atoms with Gasteiger partial charge in [-0.15, -0.1) is 0 Å². The second kappa shape index (κ2) is 6.97. The summed E-state index contributed by atoms with van der Waals surface area (Å²) in [6.45, 7) is 4.59. The van der Waals surface area contributed by atoms with Crippen LogP contribution in [0.1, 0.15) is 5.56 Å². The van der Waals surface area contributed by atoms with Crippen molar-refractivity contribution in [3.63, 3.8) is 0 Å². The Morgan fingerprint density at radius 1 is 1.33 bits per heavy atom. The second-order valence-electron chi connectivity index (χ2n) is 5.08. The minimum Gasteiger partial charge on any atom is -0.495 e. The Kier molecular flexibility index (Phi) is 5.03. The standard InChI is InChI=1S/C15H21N3O3/c1-12-3-4-14(21-2)13(9-12)16-10-15(20)18-7-5-17(11-19)6-8-18/h3-4,9,11,16H,5-8,10H2,1-2H3. The van der Waals surface area contributed by atoms with Crippen molar-refractivity contribution in [1.82, 2.24) is 9.80 Å². The molecule has 21 heavy (non-hydrogen) atoms. The molecule has 1 N–H and O–H groups in total. The van der Waals surface area contributed by atoms with Gasteiger partial charge in [0.2, 0.25) is 12.3 Å². The number of aryl methyl sites for hydroxylation is 1. The lowest BCUT2D eigenvalue weighted by Gasteiger charge is -2.32. The second-order valence-corrected chi connectivity index (χ2v) is 5.08. The number of nitrogens with one attached hydrogen (secondary N) is 1. The van der Waals surface area contributed by atoms with Crippen molar-refractivity contribution in [1.29, 1.82) is 0 Å². The van der Waals surface area contributed by atoms with Crippen molar-refractivity contribution in [3.8, 4) is 5.75 Å². The molecule has 0 atom stereocenters. The number of hydrogen-bond acceptors (Lipinski definition) is 4. The Labute approximate surface area is 124 Å². The van der Waals surface area contributed by atoms with Crippen molar-refractivity contribution in [3.05, 3.63) is 23.8 Å². The number of anilines is 1. The molecule has 0 aliphatic carbocycles. The number of nitrogens with zero attached hydrogens (tertiary/aromatic N) is 2. The van der Waals surface area contributed by atoms with Gasteiger partial charge in [-0.1, -0.05) is 6.07 Å². The van der Waals surface area contributed by atoms with Gasteiger partial charge in [0.1, 0.15) is 5.75 Å². The summed E-state index contributed by atoms with van der Waals surface area (Å²) in [4.78, 5) is 26.3. The van der Waals surface area contributed by atoms with Crippen molar-refractivity contribution in [2.75, 3.05) is 45.2 Å². The maximum Gasteiger partial charge on any atom is 0.241 e. The van der Waals surface area contributed by atoms with Gasteiger partial charge in [-0.3, -0.25) is 9.59 Å². The van der Waals surface area contributed by atoms with Crippen LogP contribution < -0.4 is 10.1 Å². The van der Waals surface area contributed by atoms with Gasteiger partial charge in [0, 0.05) is 26.2 Å². The third kappa shape index (κ3) is 3.87. The highest BCUT2D eigenvalue weighted by atomic mass is 16.5. The SMILES string of the molecule is COc1ccc(C)cc1NCC(=O)N1CCN(C=O)CC1. The fourth-order valence-corrected chi connectivity index (χ4v) is 2.32. The van der Waals surface area contributed by atoms with Gasteiger partial charge < -0.3 is 19.9 Å². The number of amides is 2. The van der Waals surface area contributed by atoms with Crippen LogP contribution in [-0.2, 0) is 9.59 Å². The fraction of sp³-hybridized carbons (Fsp3) is 0.467. The average molecular weight is 291 g/mol. The van der Waals surface area contributed by atoms with Gasteiger partial charge in [0.15, 0.2) is 0 Å². The van der Waals surface area contributed by atoms with Crippen LogP contribution in [0.5, 0.6) is 5.75 Å². The first-order valence-electron chi connectivity index (χ1n) is 6.99. The number of rotatable bonds is 5. The van der Waals surface area contributed by atoms with E-state index < -0.39 is 0 Å². The molecule has 2 amide bonds. The Bertz CT molecular complexity index is 511. The van der Waals surface area contributed by atoms with Gasteiger partial charge in [-0.05, 0) is 24.6 Å². The zero-order valence-electron chi connectivity index (χ0n) is 12.5. The lowest BCUT2D eigenvalue weighted by Crippen LogP contribution is -2.49. The summed E-state index contributed by atoms with van der Waals surface area (Å²) >= 11 is 0. The van der Waals surface area contributed by atoms with E-state index >= 15 is 0 Å². The number of methoxy groups -OCH3 is 1. The van der Waals surface area contributed by atoms with Crippen LogP contribution in [0.25, 0.3) is 0 Å². The van der Waals surface area contributed by atoms with Crippen LogP contribution in [0.15, 0.2) is 18.2 Å². The Balaban J connectivity index is 1.89. The Morgan fingerprint density at radius 3 is 2.67 bits per heavy atom. The molecule has 1 saturated heterocycles. The molecule has 2 rings (SSSR count). The number of carbonyl (C=O) groups is 2. The molecule has 0 saturated carbocycles. The molecule has 1 aromatic carbocycles. The molecular weight excluding hydrogens is 270 g/mol. The van der Waals surface area contributed by atoms with E-state index in [1.54, 1.807) is 16.9 Å². The van der Waals surface area contributed by atoms with E-state index in [9.17, 15) is 9.59 Å². The van der Waals surface area contributed by atoms with Crippen LogP contribution in [0.3, 0.4) is 0 Å². The van der Waals surface area contributed by atoms with E-state index in [4.69, 9.17) is 4.74 Å². The van der Waals surface area contributed by atoms with E-state index in [0.717, 1.165) is 23.4 Å². The molecule has 114 valence electrons. The molecule has 0 bridgehead atoms. The third-order valence-electron chi connectivity index (χ3n) is 3.60. The van der Waals surface area contributed by atoms with E-state index in [0.29, 0.717) is 26.2 Å². The largest absolute Gasteiger partial charge is 0.495 e. The normalized spacial score (nSPS) is 14.8. The quantitative estimate of drug-likeness (QED) is 0.812. The third-order valence-corrected chi connectivity index (χ3v) is 3.60. The van der Waals surface area contributed by atoms with Crippen molar-refractivity contribution in [2.24, 2.45) is 0 Å². The summed E-state index contributed by atoms with van der Waals surface area (Å²) < 4.78 is 5.27. The van der Waals surface area contributed by atoms with Crippen LogP contribution in [0, 0.1) is 6.92 Å². The smallest absolute Gasteiger partial charge is 0.241 e. The molecule has 0 unspecified atom stereocenters. The average Bonchev–Trinajstić information content (AvgIpc) is 2.52. The highest BCUT2D eigenvalue weighted by Gasteiger charge is 2.19. The number of carbonyl (C=O) groups excluding carboxylic acids is 2. The predicted octanol–water partition coefficient (Wildman–Crippen LogP) is 0.716. The highest BCUT2D eigenvalue weighted by Crippen LogP contribution is 2.24. The van der Waals surface area contributed by atoms with Gasteiger partial charge in [0.25, 0.3) is 0 Å². The summed E-state index contributed by atoms with van der Waals surface area (Å²) in [6.07, 6.45) is 0.831. The molecule has 1 heterocycles. The Morgan fingerprint density at radius 2 is 2.05 bits per heavy atom. The molecule has 1 aliphatic rings. The van der Waals surface area contributed by atoms with Gasteiger partial charge >= 0.3 is 0 Å². The maximum absolute atomic E-state index is 12.2. The number of piperazine rings is 1. The monoisotopic (exact) mass is 291 g/mol. The number of hydrogen-bond donors (Lipinski definition) is 1. The van der Waals surface area contributed by atoms with Crippen LogP contribution >= 0.6 is 0 Å². The summed E-state index contributed by atoms with van der Waals surface area (Å²) in [7, 11) is 1.61. The first-order chi connectivity index (χ1) is 10.1. The van der Waals surface area contributed by atoms with Crippen molar-refractivity contribution in [2.45, 2.75) is 6.92 Å².